The molecular weight excluding hydrogens is 143 g/mol. The summed E-state index contributed by atoms with van der Waals surface area (Å²) >= 11 is 0. The predicted molar refractivity (Wildman–Crippen MR) is 20.4 cm³/mol. The Morgan fingerprint density at radius 3 is 2.00 bits per heavy atom. The summed E-state index contributed by atoms with van der Waals surface area (Å²) in [5, 5.41) is 0. The molecule has 0 rings (SSSR count). The van der Waals surface area contributed by atoms with Crippen molar-refractivity contribution < 1.29 is 64.0 Å². The zero-order chi connectivity index (χ0) is 4.99. The van der Waals surface area contributed by atoms with E-state index in [1.807, 2.05) is 0 Å². The van der Waals surface area contributed by atoms with Gasteiger partial charge < -0.3 is 12.6 Å². The van der Waals surface area contributed by atoms with Gasteiger partial charge in [-0.15, -0.1) is 0 Å². The van der Waals surface area contributed by atoms with E-state index in [0.29, 0.717) is 0 Å². The molecular formula is C2H5KO3S. The molecule has 0 radical (unpaired) electrons. The van der Waals surface area contributed by atoms with Crippen molar-refractivity contribution in [2.24, 2.45) is 0 Å². The monoisotopic (exact) mass is 148 g/mol. The Bertz CT molecular complexity index is 80.9. The molecule has 0 amide bonds. The number of rotatable bonds is 2. The van der Waals surface area contributed by atoms with E-state index >= 15 is 0 Å². The first-order valence-corrected chi connectivity index (χ1v) is 2.50. The molecule has 0 aromatic heterocycles. The average Bonchev–Trinajstić information content (AvgIpc) is 1.35. The summed E-state index contributed by atoms with van der Waals surface area (Å²) in [4.78, 5) is 0. The smallest absolute Gasteiger partial charge is 0.424 e. The molecule has 0 saturated heterocycles. The van der Waals surface area contributed by atoms with Gasteiger partial charge in [0, 0.05) is 6.61 Å². The Labute approximate surface area is 87.0 Å². The van der Waals surface area contributed by atoms with Crippen LogP contribution in [-0.2, 0) is 23.6 Å². The molecule has 38 valence electrons. The molecule has 0 bridgehead atoms. The van der Waals surface area contributed by atoms with Crippen molar-refractivity contribution in [3.63, 3.8) is 0 Å². The van der Waals surface area contributed by atoms with Crippen LogP contribution in [0.3, 0.4) is 0 Å². The fraction of sp³-hybridized carbons (Fsp3) is 1.00. The summed E-state index contributed by atoms with van der Waals surface area (Å²) in [5.41, 5.74) is 0. The van der Waals surface area contributed by atoms with Gasteiger partial charge in [0.05, 0.1) is 11.0 Å². The minimum atomic E-state index is -2.32. The SMILES string of the molecule is CCO[S-](=O)=O.[K+]. The fourth-order valence-electron chi connectivity index (χ4n) is 0.0962. The third-order valence-corrected chi connectivity index (χ3v) is 0.642. The van der Waals surface area contributed by atoms with Gasteiger partial charge in [-0.05, 0) is 6.92 Å². The minimum absolute atomic E-state index is 0. The molecule has 0 aliphatic rings. The summed E-state index contributed by atoms with van der Waals surface area (Å²) in [6.07, 6.45) is 0. The Balaban J connectivity index is 0. The van der Waals surface area contributed by atoms with Crippen LogP contribution in [0.2, 0.25) is 0 Å². The molecule has 7 heavy (non-hydrogen) atoms. The van der Waals surface area contributed by atoms with Gasteiger partial charge in [-0.25, -0.2) is 0 Å². The molecule has 0 unspecified atom stereocenters. The Morgan fingerprint density at radius 1 is 1.57 bits per heavy atom. The van der Waals surface area contributed by atoms with E-state index in [4.69, 9.17) is 0 Å². The first-order chi connectivity index (χ1) is 2.77. The van der Waals surface area contributed by atoms with Gasteiger partial charge in [0.2, 0.25) is 0 Å². The largest absolute Gasteiger partial charge is 1.00 e. The first-order valence-electron chi connectivity index (χ1n) is 1.50. The van der Waals surface area contributed by atoms with E-state index in [9.17, 15) is 8.42 Å². The van der Waals surface area contributed by atoms with Gasteiger partial charge in [-0.1, -0.05) is 0 Å². The molecule has 0 spiro atoms. The van der Waals surface area contributed by atoms with Crippen LogP contribution in [0.1, 0.15) is 6.92 Å². The number of hydrogen-bond donors (Lipinski definition) is 0. The molecule has 0 atom stereocenters. The molecule has 0 aliphatic heterocycles. The van der Waals surface area contributed by atoms with Crippen molar-refractivity contribution >= 4 is 11.0 Å². The molecule has 0 aromatic carbocycles. The summed E-state index contributed by atoms with van der Waals surface area (Å²) in [6, 6.07) is 0. The molecule has 0 heterocycles. The zero-order valence-electron chi connectivity index (χ0n) is 4.34. The summed E-state index contributed by atoms with van der Waals surface area (Å²) < 4.78 is 22.7. The van der Waals surface area contributed by atoms with E-state index < -0.39 is 11.0 Å². The maximum atomic E-state index is 9.38. The van der Waals surface area contributed by atoms with Crippen LogP contribution >= 0.6 is 0 Å². The van der Waals surface area contributed by atoms with Crippen molar-refractivity contribution in [2.45, 2.75) is 6.92 Å². The van der Waals surface area contributed by atoms with Gasteiger partial charge in [0.1, 0.15) is 0 Å². The molecule has 5 heteroatoms. The van der Waals surface area contributed by atoms with Crippen LogP contribution in [0.5, 0.6) is 0 Å². The van der Waals surface area contributed by atoms with Crippen LogP contribution < -0.4 is 51.4 Å². The van der Waals surface area contributed by atoms with E-state index in [0.717, 1.165) is 0 Å². The average molecular weight is 148 g/mol. The molecule has 0 fully saturated rings. The maximum absolute atomic E-state index is 9.38. The van der Waals surface area contributed by atoms with E-state index in [2.05, 4.69) is 4.18 Å². The van der Waals surface area contributed by atoms with Crippen LogP contribution in [0.25, 0.3) is 0 Å². The second-order valence-corrected chi connectivity index (χ2v) is 1.25. The van der Waals surface area contributed by atoms with Crippen LogP contribution in [0.15, 0.2) is 0 Å². The van der Waals surface area contributed by atoms with Crippen molar-refractivity contribution in [3.8, 4) is 0 Å². The first kappa shape index (κ1) is 11.4. The van der Waals surface area contributed by atoms with Crippen LogP contribution in [0, 0.1) is 0 Å². The maximum Gasteiger partial charge on any atom is 1.00 e. The van der Waals surface area contributed by atoms with E-state index in [1.165, 1.54) is 0 Å². The molecule has 0 aromatic rings. The molecule has 0 N–H and O–H groups in total. The van der Waals surface area contributed by atoms with Crippen molar-refractivity contribution in [1.29, 1.82) is 0 Å². The Kier molecular flexibility index (Phi) is 12.2. The normalized spacial score (nSPS) is 8.29. The molecule has 0 aliphatic carbocycles. The van der Waals surface area contributed by atoms with Crippen molar-refractivity contribution in [3.05, 3.63) is 0 Å². The van der Waals surface area contributed by atoms with Crippen molar-refractivity contribution in [1.82, 2.24) is 0 Å². The van der Waals surface area contributed by atoms with Gasteiger partial charge >= 0.3 is 51.4 Å². The third-order valence-electron chi connectivity index (χ3n) is 0.214. The van der Waals surface area contributed by atoms with Gasteiger partial charge in [-0.3, -0.25) is 0 Å². The summed E-state index contributed by atoms with van der Waals surface area (Å²) in [5.74, 6) is 0. The second kappa shape index (κ2) is 7.55. The quantitative estimate of drug-likeness (QED) is 0.315. The van der Waals surface area contributed by atoms with Crippen LogP contribution in [-0.4, -0.2) is 6.61 Å². The number of hydrogen-bond acceptors (Lipinski definition) is 4. The summed E-state index contributed by atoms with van der Waals surface area (Å²) in [7, 11) is -2.32. The third kappa shape index (κ3) is 11.2. The Hall–Kier alpha value is 1.55. The van der Waals surface area contributed by atoms with Crippen LogP contribution in [0.4, 0.5) is 0 Å². The minimum Gasteiger partial charge on any atom is -0.424 e. The fourth-order valence-corrected chi connectivity index (χ4v) is 0.289. The Morgan fingerprint density at radius 2 is 2.00 bits per heavy atom. The van der Waals surface area contributed by atoms with Crippen molar-refractivity contribution in [2.75, 3.05) is 6.61 Å². The van der Waals surface area contributed by atoms with Gasteiger partial charge in [-0.2, -0.15) is 0 Å². The zero-order valence-corrected chi connectivity index (χ0v) is 8.28. The molecule has 3 nitrogen and oxygen atoms in total. The van der Waals surface area contributed by atoms with E-state index in [1.54, 1.807) is 6.92 Å². The molecule has 0 saturated carbocycles. The topological polar surface area (TPSA) is 43.4 Å². The van der Waals surface area contributed by atoms with Gasteiger partial charge in [0.15, 0.2) is 0 Å². The predicted octanol–water partition coefficient (Wildman–Crippen LogP) is -2.75. The van der Waals surface area contributed by atoms with Gasteiger partial charge in [0.25, 0.3) is 0 Å². The summed E-state index contributed by atoms with van der Waals surface area (Å²) in [6.45, 7) is 1.83. The van der Waals surface area contributed by atoms with E-state index in [-0.39, 0.29) is 58.0 Å². The standard InChI is InChI=1S/C2H5O3S.K/c1-2-5-6(3)4;/h2H2,1H3;/q-1;+1. The second-order valence-electron chi connectivity index (χ2n) is 0.611.